The van der Waals surface area contributed by atoms with Crippen LogP contribution < -0.4 is 4.74 Å². The van der Waals surface area contributed by atoms with E-state index >= 15 is 0 Å². The van der Waals surface area contributed by atoms with Gasteiger partial charge in [0, 0.05) is 0 Å². The number of hydrogen-bond acceptors (Lipinski definition) is 2. The highest BCUT2D eigenvalue weighted by molar-refractivity contribution is 5.66. The number of aromatic hydroxyl groups is 1. The highest BCUT2D eigenvalue weighted by atomic mass is 16.5. The molecule has 0 amide bonds. The van der Waals surface area contributed by atoms with Gasteiger partial charge in [-0.3, -0.25) is 0 Å². The van der Waals surface area contributed by atoms with E-state index in [2.05, 4.69) is 0 Å². The van der Waals surface area contributed by atoms with Gasteiger partial charge in [-0.1, -0.05) is 18.2 Å². The highest BCUT2D eigenvalue weighted by Gasteiger charge is 2.02. The first kappa shape index (κ1) is 10.6. The summed E-state index contributed by atoms with van der Waals surface area (Å²) in [6.45, 7) is 2.01. The molecule has 0 aliphatic carbocycles. The van der Waals surface area contributed by atoms with Crippen molar-refractivity contribution < 1.29 is 9.84 Å². The van der Waals surface area contributed by atoms with Crippen molar-refractivity contribution in [3.8, 4) is 22.6 Å². The van der Waals surface area contributed by atoms with E-state index in [1.165, 1.54) is 0 Å². The van der Waals surface area contributed by atoms with E-state index in [-0.39, 0.29) is 5.75 Å². The van der Waals surface area contributed by atoms with Gasteiger partial charge in [-0.2, -0.15) is 0 Å². The van der Waals surface area contributed by atoms with Crippen LogP contribution in [0.3, 0.4) is 0 Å². The van der Waals surface area contributed by atoms with Gasteiger partial charge in [-0.05, 0) is 47.9 Å². The third-order valence-electron chi connectivity index (χ3n) is 2.57. The van der Waals surface area contributed by atoms with Crippen molar-refractivity contribution in [2.75, 3.05) is 7.11 Å². The number of rotatable bonds is 2. The highest BCUT2D eigenvalue weighted by Crippen LogP contribution is 2.27. The quantitative estimate of drug-likeness (QED) is 0.830. The summed E-state index contributed by atoms with van der Waals surface area (Å²) in [6, 6.07) is 13.2. The maximum atomic E-state index is 9.42. The van der Waals surface area contributed by atoms with E-state index in [0.717, 1.165) is 22.4 Å². The number of methoxy groups -OCH3 is 1. The molecule has 0 unspecified atom stereocenters. The van der Waals surface area contributed by atoms with Crippen molar-refractivity contribution in [2.45, 2.75) is 6.92 Å². The van der Waals surface area contributed by atoms with Gasteiger partial charge < -0.3 is 9.84 Å². The molecule has 1 N–H and O–H groups in total. The second kappa shape index (κ2) is 4.27. The molecule has 2 aromatic rings. The fourth-order valence-electron chi connectivity index (χ4n) is 1.74. The van der Waals surface area contributed by atoms with E-state index in [1.54, 1.807) is 19.2 Å². The van der Waals surface area contributed by atoms with Gasteiger partial charge in [0.1, 0.15) is 11.5 Å². The zero-order valence-corrected chi connectivity index (χ0v) is 9.40. The first-order valence-corrected chi connectivity index (χ1v) is 5.15. The van der Waals surface area contributed by atoms with Gasteiger partial charge in [0.05, 0.1) is 7.11 Å². The topological polar surface area (TPSA) is 29.5 Å². The van der Waals surface area contributed by atoms with E-state index in [9.17, 15) is 5.11 Å². The van der Waals surface area contributed by atoms with Crippen LogP contribution in [0.5, 0.6) is 11.5 Å². The number of phenolic OH excluding ortho intramolecular Hbond substituents is 1. The monoisotopic (exact) mass is 214 g/mol. The Bertz CT molecular complexity index is 504. The lowest BCUT2D eigenvalue weighted by Crippen LogP contribution is -1.87. The molecule has 2 aromatic carbocycles. The molecule has 0 atom stereocenters. The normalized spacial score (nSPS) is 10.1. The van der Waals surface area contributed by atoms with Crippen molar-refractivity contribution in [3.63, 3.8) is 0 Å². The third kappa shape index (κ3) is 2.01. The van der Waals surface area contributed by atoms with Crippen molar-refractivity contribution >= 4 is 0 Å². The van der Waals surface area contributed by atoms with E-state index < -0.39 is 0 Å². The summed E-state index contributed by atoms with van der Waals surface area (Å²) < 4.78 is 5.21. The molecule has 0 saturated carbocycles. The second-order valence-corrected chi connectivity index (χ2v) is 3.73. The zero-order chi connectivity index (χ0) is 11.5. The molecule has 2 heteroatoms. The minimum absolute atomic E-state index is 0.283. The average Bonchev–Trinajstić information content (AvgIpc) is 2.29. The summed E-state index contributed by atoms with van der Waals surface area (Å²) in [5, 5.41) is 9.42. The van der Waals surface area contributed by atoms with E-state index in [1.807, 2.05) is 37.3 Å². The van der Waals surface area contributed by atoms with Crippen LogP contribution in [0.2, 0.25) is 0 Å². The van der Waals surface area contributed by atoms with Crippen LogP contribution in [0.4, 0.5) is 0 Å². The second-order valence-electron chi connectivity index (χ2n) is 3.73. The molecule has 0 saturated heterocycles. The number of hydrogen-bond donors (Lipinski definition) is 1. The Balaban J connectivity index is 2.45. The maximum Gasteiger partial charge on any atom is 0.121 e. The van der Waals surface area contributed by atoms with E-state index in [4.69, 9.17) is 4.74 Å². The molecule has 0 bridgehead atoms. The molecule has 0 fully saturated rings. The van der Waals surface area contributed by atoms with Crippen LogP contribution >= 0.6 is 0 Å². The molecular weight excluding hydrogens is 200 g/mol. The average molecular weight is 214 g/mol. The van der Waals surface area contributed by atoms with Crippen LogP contribution in [0.15, 0.2) is 42.5 Å². The summed E-state index contributed by atoms with van der Waals surface area (Å²) in [4.78, 5) is 0. The van der Waals surface area contributed by atoms with Crippen LogP contribution in [0, 0.1) is 6.92 Å². The maximum absolute atomic E-state index is 9.42. The van der Waals surface area contributed by atoms with Crippen LogP contribution in [0.25, 0.3) is 11.1 Å². The molecule has 16 heavy (non-hydrogen) atoms. The lowest BCUT2D eigenvalue weighted by Gasteiger charge is -2.07. The first-order valence-electron chi connectivity index (χ1n) is 5.15. The molecule has 0 aliphatic heterocycles. The number of benzene rings is 2. The van der Waals surface area contributed by atoms with Gasteiger partial charge in [-0.15, -0.1) is 0 Å². The molecular formula is C14H14O2. The first-order chi connectivity index (χ1) is 7.70. The van der Waals surface area contributed by atoms with Gasteiger partial charge in [-0.25, -0.2) is 0 Å². The predicted molar refractivity (Wildman–Crippen MR) is 64.8 cm³/mol. The SMILES string of the molecule is COc1ccc(-c2cccc(O)c2)cc1C. The minimum Gasteiger partial charge on any atom is -0.508 e. The van der Waals surface area contributed by atoms with Crippen molar-refractivity contribution in [1.29, 1.82) is 0 Å². The molecule has 0 spiro atoms. The van der Waals surface area contributed by atoms with Gasteiger partial charge in [0.2, 0.25) is 0 Å². The Morgan fingerprint density at radius 2 is 1.75 bits per heavy atom. The Kier molecular flexibility index (Phi) is 2.82. The van der Waals surface area contributed by atoms with Gasteiger partial charge in [0.15, 0.2) is 0 Å². The molecule has 2 rings (SSSR count). The van der Waals surface area contributed by atoms with Crippen LogP contribution in [-0.4, -0.2) is 12.2 Å². The van der Waals surface area contributed by atoms with Crippen LogP contribution in [-0.2, 0) is 0 Å². The van der Waals surface area contributed by atoms with Crippen LogP contribution in [0.1, 0.15) is 5.56 Å². The minimum atomic E-state index is 0.283. The largest absolute Gasteiger partial charge is 0.508 e. The molecule has 2 nitrogen and oxygen atoms in total. The summed E-state index contributed by atoms with van der Waals surface area (Å²) in [6.07, 6.45) is 0. The summed E-state index contributed by atoms with van der Waals surface area (Å²) >= 11 is 0. The standard InChI is InChI=1S/C14H14O2/c1-10-8-12(6-7-14(10)16-2)11-4-3-5-13(15)9-11/h3-9,15H,1-2H3. The molecule has 0 aromatic heterocycles. The third-order valence-corrected chi connectivity index (χ3v) is 2.57. The van der Waals surface area contributed by atoms with Gasteiger partial charge in [0.25, 0.3) is 0 Å². The van der Waals surface area contributed by atoms with Gasteiger partial charge >= 0.3 is 0 Å². The summed E-state index contributed by atoms with van der Waals surface area (Å²) in [5.74, 6) is 1.16. The Labute approximate surface area is 95.1 Å². The Hall–Kier alpha value is -1.96. The predicted octanol–water partition coefficient (Wildman–Crippen LogP) is 3.38. The van der Waals surface area contributed by atoms with Crippen molar-refractivity contribution in [2.24, 2.45) is 0 Å². The molecule has 0 heterocycles. The number of phenols is 1. The van der Waals surface area contributed by atoms with Crippen molar-refractivity contribution in [1.82, 2.24) is 0 Å². The summed E-state index contributed by atoms with van der Waals surface area (Å²) in [7, 11) is 1.66. The Morgan fingerprint density at radius 1 is 1.00 bits per heavy atom. The van der Waals surface area contributed by atoms with E-state index in [0.29, 0.717) is 0 Å². The molecule has 0 radical (unpaired) electrons. The van der Waals surface area contributed by atoms with Crippen molar-refractivity contribution in [3.05, 3.63) is 48.0 Å². The Morgan fingerprint density at radius 3 is 2.38 bits per heavy atom. The number of ether oxygens (including phenoxy) is 1. The molecule has 0 aliphatic rings. The number of aryl methyl sites for hydroxylation is 1. The summed E-state index contributed by atoms with van der Waals surface area (Å²) in [5.41, 5.74) is 3.17. The lowest BCUT2D eigenvalue weighted by atomic mass is 10.0. The lowest BCUT2D eigenvalue weighted by molar-refractivity contribution is 0.412. The fraction of sp³-hybridized carbons (Fsp3) is 0.143. The molecule has 82 valence electrons. The fourth-order valence-corrected chi connectivity index (χ4v) is 1.74. The smallest absolute Gasteiger partial charge is 0.121 e. The zero-order valence-electron chi connectivity index (χ0n) is 9.40.